The molecule has 1 aliphatic carbocycles. The zero-order chi connectivity index (χ0) is 21.4. The molecule has 31 heavy (non-hydrogen) atoms. The van der Waals surface area contributed by atoms with Crippen molar-refractivity contribution in [3.63, 3.8) is 0 Å². The number of thioether (sulfide) groups is 1. The molecule has 0 saturated carbocycles. The van der Waals surface area contributed by atoms with E-state index in [2.05, 4.69) is 34.2 Å². The first kappa shape index (κ1) is 19.6. The monoisotopic (exact) mass is 431 g/mol. The maximum atomic E-state index is 12.9. The van der Waals surface area contributed by atoms with Crippen LogP contribution in [0.3, 0.4) is 0 Å². The molecular weight excluding hydrogens is 410 g/mol. The highest BCUT2D eigenvalue weighted by molar-refractivity contribution is 7.99. The van der Waals surface area contributed by atoms with Crippen LogP contribution in [-0.4, -0.2) is 30.8 Å². The number of rotatable bonds is 6. The minimum absolute atomic E-state index is 0.108. The van der Waals surface area contributed by atoms with E-state index in [9.17, 15) is 9.59 Å². The van der Waals surface area contributed by atoms with E-state index < -0.39 is 0 Å². The van der Waals surface area contributed by atoms with Crippen LogP contribution in [0.5, 0.6) is 0 Å². The standard InChI is InChI=1S/C23H21N5O2S/c1-2-12-27-21(30)18-8-3-4-9-19(18)28-22(27)25-26-23(28)31-14-20(29)24-17-11-10-15-6-5-7-16(15)13-17/h2-4,8-11,13H,1,5-7,12,14H2,(H,24,29). The molecule has 0 atom stereocenters. The highest BCUT2D eigenvalue weighted by Crippen LogP contribution is 2.26. The number of carbonyl (C=O) groups is 1. The average Bonchev–Trinajstić information content (AvgIpc) is 3.42. The van der Waals surface area contributed by atoms with Crippen molar-refractivity contribution >= 4 is 40.0 Å². The van der Waals surface area contributed by atoms with Crippen LogP contribution >= 0.6 is 11.8 Å². The highest BCUT2D eigenvalue weighted by Gasteiger charge is 2.17. The first-order valence-electron chi connectivity index (χ1n) is 10.2. The summed E-state index contributed by atoms with van der Waals surface area (Å²) in [7, 11) is 0. The molecule has 0 radical (unpaired) electrons. The van der Waals surface area contributed by atoms with Gasteiger partial charge in [0.15, 0.2) is 5.16 Å². The Balaban J connectivity index is 1.42. The number of nitrogens with zero attached hydrogens (tertiary/aromatic N) is 4. The number of nitrogens with one attached hydrogen (secondary N) is 1. The van der Waals surface area contributed by atoms with Gasteiger partial charge in [0.25, 0.3) is 5.56 Å². The molecule has 0 aliphatic heterocycles. The normalized spacial score (nSPS) is 12.9. The highest BCUT2D eigenvalue weighted by atomic mass is 32.2. The Labute approximate surface area is 182 Å². The number of fused-ring (bicyclic) bond motifs is 4. The first-order valence-corrected chi connectivity index (χ1v) is 11.2. The third kappa shape index (κ3) is 3.53. The van der Waals surface area contributed by atoms with E-state index in [-0.39, 0.29) is 17.2 Å². The second-order valence-corrected chi connectivity index (χ2v) is 8.46. The molecule has 2 aromatic heterocycles. The molecule has 4 aromatic rings. The van der Waals surface area contributed by atoms with Crippen LogP contribution in [0.25, 0.3) is 16.7 Å². The second kappa shape index (κ2) is 8.03. The van der Waals surface area contributed by atoms with E-state index in [0.717, 1.165) is 18.5 Å². The fraction of sp³-hybridized carbons (Fsp3) is 0.217. The molecule has 2 heterocycles. The average molecular weight is 432 g/mol. The number of aryl methyl sites for hydroxylation is 2. The molecule has 1 amide bonds. The van der Waals surface area contributed by atoms with Crippen LogP contribution < -0.4 is 10.9 Å². The van der Waals surface area contributed by atoms with Crippen molar-refractivity contribution in [3.8, 4) is 0 Å². The summed E-state index contributed by atoms with van der Waals surface area (Å²) in [6.07, 6.45) is 5.01. The van der Waals surface area contributed by atoms with Crippen molar-refractivity contribution in [1.82, 2.24) is 19.2 Å². The number of allylic oxidation sites excluding steroid dienone is 1. The predicted molar refractivity (Wildman–Crippen MR) is 123 cm³/mol. The minimum atomic E-state index is -0.138. The van der Waals surface area contributed by atoms with Gasteiger partial charge in [-0.3, -0.25) is 18.6 Å². The van der Waals surface area contributed by atoms with Gasteiger partial charge in [0, 0.05) is 12.2 Å². The first-order chi connectivity index (χ1) is 15.2. The fourth-order valence-corrected chi connectivity index (χ4v) is 4.84. The number of hydrogen-bond donors (Lipinski definition) is 1. The van der Waals surface area contributed by atoms with Crippen molar-refractivity contribution < 1.29 is 4.79 Å². The van der Waals surface area contributed by atoms with Gasteiger partial charge in [0.05, 0.1) is 16.7 Å². The molecular formula is C23H21N5O2S. The Morgan fingerprint density at radius 1 is 1.16 bits per heavy atom. The van der Waals surface area contributed by atoms with Gasteiger partial charge in [0.2, 0.25) is 11.7 Å². The van der Waals surface area contributed by atoms with Crippen molar-refractivity contribution in [2.75, 3.05) is 11.1 Å². The minimum Gasteiger partial charge on any atom is -0.325 e. The Kier molecular flexibility index (Phi) is 5.07. The maximum absolute atomic E-state index is 12.9. The smallest absolute Gasteiger partial charge is 0.263 e. The third-order valence-corrected chi connectivity index (χ3v) is 6.43. The number of anilines is 1. The number of para-hydroxylation sites is 1. The van der Waals surface area contributed by atoms with Crippen molar-refractivity contribution in [2.24, 2.45) is 0 Å². The molecule has 0 unspecified atom stereocenters. The van der Waals surface area contributed by atoms with E-state index in [1.807, 2.05) is 28.7 Å². The zero-order valence-corrected chi connectivity index (χ0v) is 17.7. The van der Waals surface area contributed by atoms with Crippen LogP contribution in [0.2, 0.25) is 0 Å². The molecule has 0 bridgehead atoms. The predicted octanol–water partition coefficient (Wildman–Crippen LogP) is 3.45. The number of benzene rings is 2. The van der Waals surface area contributed by atoms with Gasteiger partial charge in [0.1, 0.15) is 0 Å². The summed E-state index contributed by atoms with van der Waals surface area (Å²) in [6, 6.07) is 13.5. The second-order valence-electron chi connectivity index (χ2n) is 7.51. The van der Waals surface area contributed by atoms with E-state index >= 15 is 0 Å². The molecule has 1 N–H and O–H groups in total. The Morgan fingerprint density at radius 2 is 2.00 bits per heavy atom. The summed E-state index contributed by atoms with van der Waals surface area (Å²) in [5.41, 5.74) is 4.10. The number of carbonyl (C=O) groups excluding carboxylic acids is 1. The lowest BCUT2D eigenvalue weighted by Gasteiger charge is -2.10. The number of amides is 1. The van der Waals surface area contributed by atoms with Crippen molar-refractivity contribution in [3.05, 3.63) is 76.6 Å². The van der Waals surface area contributed by atoms with Gasteiger partial charge in [-0.25, -0.2) is 0 Å². The van der Waals surface area contributed by atoms with Gasteiger partial charge in [-0.2, -0.15) is 0 Å². The zero-order valence-electron chi connectivity index (χ0n) is 16.9. The summed E-state index contributed by atoms with van der Waals surface area (Å²) < 4.78 is 3.37. The van der Waals surface area contributed by atoms with Crippen LogP contribution in [0.4, 0.5) is 5.69 Å². The van der Waals surface area contributed by atoms with E-state index in [1.54, 1.807) is 12.1 Å². The lowest BCUT2D eigenvalue weighted by atomic mass is 10.1. The largest absolute Gasteiger partial charge is 0.325 e. The van der Waals surface area contributed by atoms with Crippen molar-refractivity contribution in [2.45, 2.75) is 31.0 Å². The quantitative estimate of drug-likeness (QED) is 0.374. The lowest BCUT2D eigenvalue weighted by Crippen LogP contribution is -2.22. The van der Waals surface area contributed by atoms with Crippen molar-refractivity contribution in [1.29, 1.82) is 0 Å². The Morgan fingerprint density at radius 3 is 2.87 bits per heavy atom. The summed E-state index contributed by atoms with van der Waals surface area (Å²) in [5, 5.41) is 12.6. The molecule has 7 nitrogen and oxygen atoms in total. The molecule has 0 fully saturated rings. The lowest BCUT2D eigenvalue weighted by molar-refractivity contribution is -0.113. The van der Waals surface area contributed by atoms with Gasteiger partial charge >= 0.3 is 0 Å². The number of hydrogen-bond acceptors (Lipinski definition) is 5. The van der Waals surface area contributed by atoms with Crippen LogP contribution in [0, 0.1) is 0 Å². The number of aromatic nitrogens is 4. The van der Waals surface area contributed by atoms with Gasteiger partial charge < -0.3 is 5.32 Å². The maximum Gasteiger partial charge on any atom is 0.263 e. The molecule has 8 heteroatoms. The summed E-state index contributed by atoms with van der Waals surface area (Å²) in [6.45, 7) is 4.06. The summed E-state index contributed by atoms with van der Waals surface area (Å²) in [4.78, 5) is 25.4. The van der Waals surface area contributed by atoms with Gasteiger partial charge in [-0.15, -0.1) is 16.8 Å². The fourth-order valence-electron chi connectivity index (χ4n) is 4.10. The Hall–Kier alpha value is -3.39. The molecule has 0 saturated heterocycles. The van der Waals surface area contributed by atoms with Gasteiger partial charge in [-0.1, -0.05) is 36.0 Å². The summed E-state index contributed by atoms with van der Waals surface area (Å²) >= 11 is 1.29. The van der Waals surface area contributed by atoms with Crippen LogP contribution in [0.15, 0.2) is 65.1 Å². The molecule has 1 aliphatic rings. The topological polar surface area (TPSA) is 81.3 Å². The van der Waals surface area contributed by atoms with E-state index in [4.69, 9.17) is 0 Å². The SMILES string of the molecule is C=CCn1c(=O)c2ccccc2n2c(SCC(=O)Nc3ccc4c(c3)CCC4)nnc12. The van der Waals surface area contributed by atoms with Crippen LogP contribution in [-0.2, 0) is 24.2 Å². The Bertz CT molecular complexity index is 1390. The van der Waals surface area contributed by atoms with Gasteiger partial charge in [-0.05, 0) is 54.7 Å². The summed E-state index contributed by atoms with van der Waals surface area (Å²) in [5.74, 6) is 0.515. The third-order valence-electron chi connectivity index (χ3n) is 5.50. The van der Waals surface area contributed by atoms with E-state index in [1.165, 1.54) is 33.9 Å². The molecule has 2 aromatic carbocycles. The van der Waals surface area contributed by atoms with E-state index in [0.29, 0.717) is 28.4 Å². The van der Waals surface area contributed by atoms with Crippen LogP contribution in [0.1, 0.15) is 17.5 Å². The molecule has 5 rings (SSSR count). The molecule has 0 spiro atoms. The molecule has 156 valence electrons.